The van der Waals surface area contributed by atoms with Gasteiger partial charge in [-0.3, -0.25) is 4.79 Å². The van der Waals surface area contributed by atoms with Crippen molar-refractivity contribution in [1.29, 1.82) is 0 Å². The second kappa shape index (κ2) is 6.50. The van der Waals surface area contributed by atoms with E-state index in [4.69, 9.17) is 4.74 Å². The van der Waals surface area contributed by atoms with E-state index in [1.807, 2.05) is 25.6 Å². The maximum atomic E-state index is 11.4. The SMILES string of the molecule is CC(C)OC(=O)CCCCC1SCC2NC(=O)NC21. The Kier molecular flexibility index (Phi) is 4.96. The second-order valence-corrected chi connectivity index (χ2v) is 6.68. The summed E-state index contributed by atoms with van der Waals surface area (Å²) >= 11 is 1.91. The number of hydrogen-bond acceptors (Lipinski definition) is 4. The molecule has 2 fully saturated rings. The molecule has 6 heteroatoms. The minimum atomic E-state index is -0.109. The highest BCUT2D eigenvalue weighted by Gasteiger charge is 2.42. The van der Waals surface area contributed by atoms with Crippen LogP contribution in [0.25, 0.3) is 0 Å². The van der Waals surface area contributed by atoms with Gasteiger partial charge in [-0.25, -0.2) is 4.79 Å². The molecule has 0 bridgehead atoms. The number of nitrogens with one attached hydrogen (secondary N) is 2. The van der Waals surface area contributed by atoms with Crippen LogP contribution in [0.5, 0.6) is 0 Å². The van der Waals surface area contributed by atoms with E-state index in [0.29, 0.717) is 11.7 Å². The number of ether oxygens (including phenoxy) is 1. The second-order valence-electron chi connectivity index (χ2n) is 5.41. The molecule has 19 heavy (non-hydrogen) atoms. The highest BCUT2D eigenvalue weighted by Crippen LogP contribution is 2.33. The number of amides is 2. The lowest BCUT2D eigenvalue weighted by Crippen LogP contribution is -2.36. The normalized spacial score (nSPS) is 29.0. The van der Waals surface area contributed by atoms with Crippen LogP contribution in [0.4, 0.5) is 4.79 Å². The number of thioether (sulfide) groups is 1. The molecule has 3 unspecified atom stereocenters. The summed E-state index contributed by atoms with van der Waals surface area (Å²) in [6.45, 7) is 3.73. The average Bonchev–Trinajstić information content (AvgIpc) is 2.83. The van der Waals surface area contributed by atoms with Gasteiger partial charge in [0.1, 0.15) is 0 Å². The van der Waals surface area contributed by atoms with E-state index >= 15 is 0 Å². The minimum Gasteiger partial charge on any atom is -0.463 e. The predicted octanol–water partition coefficient (Wildman–Crippen LogP) is 1.66. The Labute approximate surface area is 118 Å². The van der Waals surface area contributed by atoms with Gasteiger partial charge in [0.05, 0.1) is 18.2 Å². The molecular formula is C13H22N2O3S. The first-order valence-electron chi connectivity index (χ1n) is 6.94. The monoisotopic (exact) mass is 286 g/mol. The zero-order valence-electron chi connectivity index (χ0n) is 11.5. The Bertz CT molecular complexity index is 349. The molecule has 0 radical (unpaired) electrons. The third-order valence-corrected chi connectivity index (χ3v) is 4.93. The largest absolute Gasteiger partial charge is 0.463 e. The Morgan fingerprint density at radius 1 is 1.42 bits per heavy atom. The van der Waals surface area contributed by atoms with Gasteiger partial charge in [-0.1, -0.05) is 6.42 Å². The Balaban J connectivity index is 1.61. The van der Waals surface area contributed by atoms with Crippen molar-refractivity contribution in [1.82, 2.24) is 10.6 Å². The summed E-state index contributed by atoms with van der Waals surface area (Å²) in [5, 5.41) is 6.39. The highest BCUT2D eigenvalue weighted by molar-refractivity contribution is 8.00. The van der Waals surface area contributed by atoms with Crippen molar-refractivity contribution >= 4 is 23.8 Å². The molecule has 2 N–H and O–H groups in total. The fraction of sp³-hybridized carbons (Fsp3) is 0.846. The number of unbranched alkanes of at least 4 members (excludes halogenated alkanes) is 1. The van der Waals surface area contributed by atoms with Gasteiger partial charge in [0.25, 0.3) is 0 Å². The molecule has 2 amide bonds. The van der Waals surface area contributed by atoms with Crippen LogP contribution in [0.2, 0.25) is 0 Å². The van der Waals surface area contributed by atoms with E-state index < -0.39 is 0 Å². The molecule has 3 atom stereocenters. The van der Waals surface area contributed by atoms with Crippen molar-refractivity contribution < 1.29 is 14.3 Å². The van der Waals surface area contributed by atoms with Crippen molar-refractivity contribution in [3.05, 3.63) is 0 Å². The zero-order chi connectivity index (χ0) is 13.8. The Hall–Kier alpha value is -0.910. The van der Waals surface area contributed by atoms with E-state index in [1.165, 1.54) is 0 Å². The molecule has 0 aromatic carbocycles. The Morgan fingerprint density at radius 3 is 2.95 bits per heavy atom. The van der Waals surface area contributed by atoms with Crippen LogP contribution in [0.3, 0.4) is 0 Å². The third kappa shape index (κ3) is 4.03. The first kappa shape index (κ1) is 14.5. The minimum absolute atomic E-state index is 0.0292. The van der Waals surface area contributed by atoms with E-state index in [2.05, 4.69) is 10.6 Å². The number of fused-ring (bicyclic) bond motifs is 1. The summed E-state index contributed by atoms with van der Waals surface area (Å²) in [5.41, 5.74) is 0. The molecule has 0 aromatic heterocycles. The number of urea groups is 1. The molecule has 0 aliphatic carbocycles. The van der Waals surface area contributed by atoms with Crippen LogP contribution < -0.4 is 10.6 Å². The van der Waals surface area contributed by atoms with Crippen LogP contribution in [0.1, 0.15) is 39.5 Å². The van der Waals surface area contributed by atoms with Crippen molar-refractivity contribution in [3.8, 4) is 0 Å². The number of esters is 1. The molecule has 0 saturated carbocycles. The van der Waals surface area contributed by atoms with Crippen LogP contribution in [0, 0.1) is 0 Å². The molecule has 2 saturated heterocycles. The molecule has 0 spiro atoms. The summed E-state index contributed by atoms with van der Waals surface area (Å²) in [5.74, 6) is 0.881. The fourth-order valence-electron chi connectivity index (χ4n) is 2.58. The third-order valence-electron chi connectivity index (χ3n) is 3.42. The number of rotatable bonds is 6. The van der Waals surface area contributed by atoms with E-state index in [0.717, 1.165) is 25.0 Å². The maximum Gasteiger partial charge on any atom is 0.315 e. The lowest BCUT2D eigenvalue weighted by Gasteiger charge is -2.16. The molecule has 2 aliphatic rings. The van der Waals surface area contributed by atoms with Gasteiger partial charge in [0, 0.05) is 17.4 Å². The number of hydrogen-bond donors (Lipinski definition) is 2. The number of carbonyl (C=O) groups is 2. The van der Waals surface area contributed by atoms with Gasteiger partial charge < -0.3 is 15.4 Å². The lowest BCUT2D eigenvalue weighted by atomic mass is 10.0. The van der Waals surface area contributed by atoms with Gasteiger partial charge in [-0.05, 0) is 26.7 Å². The van der Waals surface area contributed by atoms with Gasteiger partial charge >= 0.3 is 12.0 Å². The van der Waals surface area contributed by atoms with Gasteiger partial charge in [-0.15, -0.1) is 0 Å². The smallest absolute Gasteiger partial charge is 0.315 e. The van der Waals surface area contributed by atoms with Crippen LogP contribution in [-0.4, -0.2) is 41.2 Å². The summed E-state index contributed by atoms with van der Waals surface area (Å²) < 4.78 is 5.09. The average molecular weight is 286 g/mol. The molecule has 0 aromatic rings. The fourth-order valence-corrected chi connectivity index (χ4v) is 4.12. The van der Waals surface area contributed by atoms with Gasteiger partial charge in [-0.2, -0.15) is 11.8 Å². The van der Waals surface area contributed by atoms with Crippen LogP contribution in [0.15, 0.2) is 0 Å². The van der Waals surface area contributed by atoms with E-state index in [1.54, 1.807) is 0 Å². The highest BCUT2D eigenvalue weighted by atomic mass is 32.2. The first-order valence-corrected chi connectivity index (χ1v) is 7.99. The van der Waals surface area contributed by atoms with Gasteiger partial charge in [0.2, 0.25) is 0 Å². The summed E-state index contributed by atoms with van der Waals surface area (Å²) in [7, 11) is 0. The lowest BCUT2D eigenvalue weighted by molar-refractivity contribution is -0.147. The van der Waals surface area contributed by atoms with Gasteiger partial charge in [0.15, 0.2) is 0 Å². The molecule has 108 valence electrons. The zero-order valence-corrected chi connectivity index (χ0v) is 12.3. The van der Waals surface area contributed by atoms with E-state index in [9.17, 15) is 9.59 Å². The van der Waals surface area contributed by atoms with Crippen LogP contribution >= 0.6 is 11.8 Å². The maximum absolute atomic E-state index is 11.4. The summed E-state index contributed by atoms with van der Waals surface area (Å²) in [4.78, 5) is 22.6. The van der Waals surface area contributed by atoms with E-state index in [-0.39, 0.29) is 30.2 Å². The standard InChI is InChI=1S/C13H22N2O3S/c1-8(2)18-11(16)6-4-3-5-10-12-9(7-19-10)14-13(17)15-12/h8-10,12H,3-7H2,1-2H3,(H2,14,15,17). The molecule has 2 rings (SSSR count). The molecule has 2 heterocycles. The number of carbonyl (C=O) groups excluding carboxylic acids is 2. The topological polar surface area (TPSA) is 67.4 Å². The summed E-state index contributed by atoms with van der Waals surface area (Å²) in [6.07, 6.45) is 3.38. The molecule has 2 aliphatic heterocycles. The first-order chi connectivity index (χ1) is 9.06. The quantitative estimate of drug-likeness (QED) is 0.443. The van der Waals surface area contributed by atoms with Crippen LogP contribution in [-0.2, 0) is 9.53 Å². The predicted molar refractivity (Wildman–Crippen MR) is 75.2 cm³/mol. The van der Waals surface area contributed by atoms with Crippen molar-refractivity contribution in [2.45, 2.75) is 63.0 Å². The molecular weight excluding hydrogens is 264 g/mol. The van der Waals surface area contributed by atoms with Crippen molar-refractivity contribution in [2.75, 3.05) is 5.75 Å². The molecule has 5 nitrogen and oxygen atoms in total. The summed E-state index contributed by atoms with van der Waals surface area (Å²) in [6, 6.07) is 0.509. The van der Waals surface area contributed by atoms with Crippen molar-refractivity contribution in [2.24, 2.45) is 0 Å². The van der Waals surface area contributed by atoms with Crippen molar-refractivity contribution in [3.63, 3.8) is 0 Å². The Morgan fingerprint density at radius 2 is 2.21 bits per heavy atom.